The fraction of sp³-hybridized carbons (Fsp3) is 0.455. The Balaban J connectivity index is 2.10. The minimum atomic E-state index is -0.990. The van der Waals surface area contributed by atoms with Crippen molar-refractivity contribution in [1.29, 1.82) is 0 Å². The second kappa shape index (κ2) is 4.48. The first kappa shape index (κ1) is 11.5. The van der Waals surface area contributed by atoms with Crippen LogP contribution in [0.15, 0.2) is 12.5 Å². The van der Waals surface area contributed by atoms with Crippen LogP contribution < -0.4 is 5.32 Å². The lowest BCUT2D eigenvalue weighted by Gasteiger charge is -2.13. The molecule has 6 heteroatoms. The fourth-order valence-corrected chi connectivity index (χ4v) is 1.64. The first-order valence-corrected chi connectivity index (χ1v) is 5.40. The van der Waals surface area contributed by atoms with Gasteiger partial charge >= 0.3 is 5.97 Å². The van der Waals surface area contributed by atoms with Gasteiger partial charge in [-0.25, -0.2) is 14.8 Å². The predicted molar refractivity (Wildman–Crippen MR) is 58.4 cm³/mol. The van der Waals surface area contributed by atoms with Crippen LogP contribution in [0.25, 0.3) is 0 Å². The van der Waals surface area contributed by atoms with Crippen molar-refractivity contribution in [1.82, 2.24) is 15.3 Å². The number of amides is 1. The van der Waals surface area contributed by atoms with E-state index in [9.17, 15) is 9.59 Å². The number of carbonyl (C=O) groups excluding carboxylic acids is 1. The fourth-order valence-electron chi connectivity index (χ4n) is 1.64. The van der Waals surface area contributed by atoms with E-state index in [2.05, 4.69) is 15.3 Å². The standard InChI is InChI=1S/C11H13N3O3/c1-6-8(4-12-5-13-6)10(15)14-9(11(16)17)7-2-3-7/h4-5,7,9H,2-3H2,1H3,(H,14,15)(H,16,17). The van der Waals surface area contributed by atoms with Gasteiger partial charge in [0.25, 0.3) is 5.91 Å². The summed E-state index contributed by atoms with van der Waals surface area (Å²) in [6, 6.07) is -0.804. The molecule has 0 aromatic carbocycles. The molecule has 2 N–H and O–H groups in total. The number of aryl methyl sites for hydroxylation is 1. The van der Waals surface area contributed by atoms with E-state index in [1.807, 2.05) is 0 Å². The van der Waals surface area contributed by atoms with Gasteiger partial charge < -0.3 is 10.4 Å². The molecule has 1 heterocycles. The molecule has 1 aromatic rings. The maximum atomic E-state index is 11.9. The molecule has 1 saturated carbocycles. The summed E-state index contributed by atoms with van der Waals surface area (Å²) in [4.78, 5) is 30.5. The number of carboxylic acids is 1. The summed E-state index contributed by atoms with van der Waals surface area (Å²) in [6.45, 7) is 1.68. The van der Waals surface area contributed by atoms with Crippen LogP contribution in [0.5, 0.6) is 0 Å². The second-order valence-electron chi connectivity index (χ2n) is 4.15. The van der Waals surface area contributed by atoms with Crippen molar-refractivity contribution in [2.24, 2.45) is 5.92 Å². The van der Waals surface area contributed by atoms with Gasteiger partial charge in [0.2, 0.25) is 0 Å². The van der Waals surface area contributed by atoms with E-state index >= 15 is 0 Å². The Morgan fingerprint density at radius 2 is 2.24 bits per heavy atom. The molecule has 90 valence electrons. The predicted octanol–water partition coefficient (Wildman–Crippen LogP) is 0.378. The Labute approximate surface area is 98.1 Å². The normalized spacial score (nSPS) is 16.3. The Morgan fingerprint density at radius 1 is 1.53 bits per heavy atom. The number of hydrogen-bond acceptors (Lipinski definition) is 4. The summed E-state index contributed by atoms with van der Waals surface area (Å²) in [6.07, 6.45) is 4.44. The maximum absolute atomic E-state index is 11.9. The van der Waals surface area contributed by atoms with Crippen LogP contribution in [0.3, 0.4) is 0 Å². The molecule has 1 aliphatic rings. The molecule has 0 radical (unpaired) electrons. The smallest absolute Gasteiger partial charge is 0.326 e. The van der Waals surface area contributed by atoms with Crippen molar-refractivity contribution in [3.05, 3.63) is 23.8 Å². The van der Waals surface area contributed by atoms with Crippen molar-refractivity contribution in [2.45, 2.75) is 25.8 Å². The molecule has 2 rings (SSSR count). The van der Waals surface area contributed by atoms with Crippen molar-refractivity contribution in [2.75, 3.05) is 0 Å². The Hall–Kier alpha value is -1.98. The summed E-state index contributed by atoms with van der Waals surface area (Å²) >= 11 is 0. The number of carboxylic acid groups (broad SMARTS) is 1. The summed E-state index contributed by atoms with van der Waals surface area (Å²) in [5.74, 6) is -1.36. The Bertz CT molecular complexity index is 457. The third kappa shape index (κ3) is 2.58. The lowest BCUT2D eigenvalue weighted by molar-refractivity contribution is -0.139. The van der Waals surface area contributed by atoms with Crippen LogP contribution in [0.2, 0.25) is 0 Å². The molecule has 1 aromatic heterocycles. The third-order valence-electron chi connectivity index (χ3n) is 2.80. The topological polar surface area (TPSA) is 92.2 Å². The van der Waals surface area contributed by atoms with Gasteiger partial charge in [0, 0.05) is 6.20 Å². The van der Waals surface area contributed by atoms with Crippen LogP contribution in [0.4, 0.5) is 0 Å². The lowest BCUT2D eigenvalue weighted by atomic mass is 10.1. The molecule has 0 bridgehead atoms. The van der Waals surface area contributed by atoms with E-state index in [0.29, 0.717) is 11.3 Å². The van der Waals surface area contributed by atoms with Gasteiger partial charge in [0.15, 0.2) is 0 Å². The number of hydrogen-bond donors (Lipinski definition) is 2. The highest BCUT2D eigenvalue weighted by atomic mass is 16.4. The van der Waals surface area contributed by atoms with Gasteiger partial charge in [0.1, 0.15) is 12.4 Å². The molecule has 1 amide bonds. The van der Waals surface area contributed by atoms with E-state index in [1.165, 1.54) is 12.5 Å². The average Bonchev–Trinajstić information content (AvgIpc) is 3.09. The van der Waals surface area contributed by atoms with Gasteiger partial charge in [0.05, 0.1) is 11.3 Å². The summed E-state index contributed by atoms with van der Waals surface area (Å²) in [7, 11) is 0. The minimum absolute atomic E-state index is 0.0568. The van der Waals surface area contributed by atoms with E-state index in [0.717, 1.165) is 12.8 Å². The zero-order valence-electron chi connectivity index (χ0n) is 9.38. The van der Waals surface area contributed by atoms with Gasteiger partial charge in [-0.15, -0.1) is 0 Å². The van der Waals surface area contributed by atoms with Crippen LogP contribution in [-0.2, 0) is 4.79 Å². The average molecular weight is 235 g/mol. The molecule has 0 spiro atoms. The highest BCUT2D eigenvalue weighted by molar-refractivity contribution is 5.97. The molecule has 1 aliphatic carbocycles. The largest absolute Gasteiger partial charge is 0.480 e. The molecule has 1 atom stereocenters. The van der Waals surface area contributed by atoms with Crippen LogP contribution in [-0.4, -0.2) is 33.0 Å². The first-order chi connectivity index (χ1) is 8.09. The van der Waals surface area contributed by atoms with Crippen LogP contribution >= 0.6 is 0 Å². The molecule has 0 saturated heterocycles. The second-order valence-corrected chi connectivity index (χ2v) is 4.15. The van der Waals surface area contributed by atoms with E-state index in [4.69, 9.17) is 5.11 Å². The van der Waals surface area contributed by atoms with Gasteiger partial charge in [-0.1, -0.05) is 0 Å². The van der Waals surface area contributed by atoms with Crippen LogP contribution in [0.1, 0.15) is 28.9 Å². The summed E-state index contributed by atoms with van der Waals surface area (Å²) in [5, 5.41) is 11.5. The van der Waals surface area contributed by atoms with Crippen molar-refractivity contribution in [3.8, 4) is 0 Å². The number of carbonyl (C=O) groups is 2. The highest BCUT2D eigenvalue weighted by Crippen LogP contribution is 2.32. The maximum Gasteiger partial charge on any atom is 0.326 e. The monoisotopic (exact) mass is 235 g/mol. The first-order valence-electron chi connectivity index (χ1n) is 5.40. The molecular formula is C11H13N3O3. The van der Waals surface area contributed by atoms with Crippen molar-refractivity contribution in [3.63, 3.8) is 0 Å². The molecule has 17 heavy (non-hydrogen) atoms. The SMILES string of the molecule is Cc1ncncc1C(=O)NC(C(=O)O)C1CC1. The zero-order chi connectivity index (χ0) is 12.4. The Morgan fingerprint density at radius 3 is 2.76 bits per heavy atom. The molecule has 0 aliphatic heterocycles. The Kier molecular flexibility index (Phi) is 3.03. The molecular weight excluding hydrogens is 222 g/mol. The van der Waals surface area contributed by atoms with Crippen molar-refractivity contribution >= 4 is 11.9 Å². The van der Waals surface area contributed by atoms with E-state index in [-0.39, 0.29) is 5.92 Å². The van der Waals surface area contributed by atoms with Crippen LogP contribution in [0, 0.1) is 12.8 Å². The van der Waals surface area contributed by atoms with Crippen molar-refractivity contribution < 1.29 is 14.7 Å². The van der Waals surface area contributed by atoms with Gasteiger partial charge in [-0.05, 0) is 25.7 Å². The number of rotatable bonds is 4. The summed E-state index contributed by atoms with van der Waals surface area (Å²) < 4.78 is 0. The van der Waals surface area contributed by atoms with E-state index in [1.54, 1.807) is 6.92 Å². The molecule has 1 fully saturated rings. The van der Waals surface area contributed by atoms with Gasteiger partial charge in [-0.3, -0.25) is 4.79 Å². The molecule has 1 unspecified atom stereocenters. The number of aliphatic carboxylic acids is 1. The third-order valence-corrected chi connectivity index (χ3v) is 2.80. The van der Waals surface area contributed by atoms with E-state index < -0.39 is 17.9 Å². The number of nitrogens with one attached hydrogen (secondary N) is 1. The number of aromatic nitrogens is 2. The molecule has 6 nitrogen and oxygen atoms in total. The minimum Gasteiger partial charge on any atom is -0.480 e. The quantitative estimate of drug-likeness (QED) is 0.787. The number of nitrogens with zero attached hydrogens (tertiary/aromatic N) is 2. The lowest BCUT2D eigenvalue weighted by Crippen LogP contribution is -2.42. The zero-order valence-corrected chi connectivity index (χ0v) is 9.38. The van der Waals surface area contributed by atoms with Gasteiger partial charge in [-0.2, -0.15) is 0 Å². The highest BCUT2D eigenvalue weighted by Gasteiger charge is 2.37. The summed E-state index contributed by atoms with van der Waals surface area (Å²) in [5.41, 5.74) is 0.858.